The number of carbonyl (C=O) groups excluding carboxylic acids is 1. The maximum absolute atomic E-state index is 13.0. The molecule has 98 valence electrons. The Labute approximate surface area is 113 Å². The number of benzene rings is 1. The number of hydrogen-bond acceptors (Lipinski definition) is 2. The largest absolute Gasteiger partial charge is 0.310 e. The van der Waals surface area contributed by atoms with Crippen molar-refractivity contribution < 1.29 is 13.6 Å². The normalized spacial score (nSPS) is 10.3. The van der Waals surface area contributed by atoms with Crippen molar-refractivity contribution in [2.45, 2.75) is 6.42 Å². The maximum Gasteiger partial charge on any atom is 0.229 e. The van der Waals surface area contributed by atoms with Crippen LogP contribution in [-0.4, -0.2) is 10.9 Å². The summed E-state index contributed by atoms with van der Waals surface area (Å²) < 4.78 is 25.7. The number of rotatable bonds is 3. The van der Waals surface area contributed by atoms with Crippen LogP contribution in [0.3, 0.4) is 0 Å². The molecule has 1 aromatic carbocycles. The minimum atomic E-state index is -0.980. The molecule has 2 aromatic rings. The Morgan fingerprint density at radius 2 is 2.00 bits per heavy atom. The molecule has 0 saturated carbocycles. The summed E-state index contributed by atoms with van der Waals surface area (Å²) >= 11 is 5.74. The smallest absolute Gasteiger partial charge is 0.229 e. The Bertz CT molecular complexity index is 619. The molecule has 0 aliphatic rings. The van der Waals surface area contributed by atoms with Crippen LogP contribution in [0, 0.1) is 11.6 Å². The Kier molecular flexibility index (Phi) is 4.06. The summed E-state index contributed by atoms with van der Waals surface area (Å²) in [4.78, 5) is 15.6. The molecule has 6 heteroatoms. The lowest BCUT2D eigenvalue weighted by atomic mass is 10.1. The molecule has 19 heavy (non-hydrogen) atoms. The van der Waals surface area contributed by atoms with Gasteiger partial charge in [-0.2, -0.15) is 0 Å². The van der Waals surface area contributed by atoms with Crippen LogP contribution in [0.15, 0.2) is 36.5 Å². The van der Waals surface area contributed by atoms with E-state index in [1.807, 2.05) is 0 Å². The SMILES string of the molecule is O=C(Cc1ccc(F)c(F)c1)Nc1cc(Cl)ccn1. The average molecular weight is 283 g/mol. The van der Waals surface area contributed by atoms with Gasteiger partial charge in [0.05, 0.1) is 6.42 Å². The molecule has 1 amide bonds. The van der Waals surface area contributed by atoms with Crippen LogP contribution in [0.5, 0.6) is 0 Å². The van der Waals surface area contributed by atoms with Crippen molar-refractivity contribution in [2.75, 3.05) is 5.32 Å². The van der Waals surface area contributed by atoms with Gasteiger partial charge in [-0.15, -0.1) is 0 Å². The third-order valence-electron chi connectivity index (χ3n) is 2.34. The van der Waals surface area contributed by atoms with Crippen molar-refractivity contribution in [3.05, 3.63) is 58.7 Å². The first-order valence-electron chi connectivity index (χ1n) is 5.40. The first-order chi connectivity index (χ1) is 9.04. The zero-order valence-corrected chi connectivity index (χ0v) is 10.4. The number of aromatic nitrogens is 1. The summed E-state index contributed by atoms with van der Waals surface area (Å²) in [6, 6.07) is 6.39. The number of nitrogens with zero attached hydrogens (tertiary/aromatic N) is 1. The first-order valence-corrected chi connectivity index (χ1v) is 5.78. The molecule has 0 bridgehead atoms. The average Bonchev–Trinajstić information content (AvgIpc) is 2.34. The summed E-state index contributed by atoms with van der Waals surface area (Å²) in [5.74, 6) is -2.01. The van der Waals surface area contributed by atoms with E-state index in [0.29, 0.717) is 16.4 Å². The molecule has 2 rings (SSSR count). The fourth-order valence-corrected chi connectivity index (χ4v) is 1.65. The monoisotopic (exact) mass is 282 g/mol. The lowest BCUT2D eigenvalue weighted by Crippen LogP contribution is -2.15. The van der Waals surface area contributed by atoms with Crippen molar-refractivity contribution in [2.24, 2.45) is 0 Å². The van der Waals surface area contributed by atoms with E-state index < -0.39 is 11.6 Å². The molecule has 1 heterocycles. The molecular formula is C13H9ClF2N2O. The van der Waals surface area contributed by atoms with Crippen LogP contribution in [0.2, 0.25) is 5.02 Å². The molecule has 0 radical (unpaired) electrons. The van der Waals surface area contributed by atoms with Crippen LogP contribution in [-0.2, 0) is 11.2 Å². The molecular weight excluding hydrogens is 274 g/mol. The van der Waals surface area contributed by atoms with E-state index in [4.69, 9.17) is 11.6 Å². The Balaban J connectivity index is 2.03. The number of nitrogens with one attached hydrogen (secondary N) is 1. The predicted octanol–water partition coefficient (Wildman–Crippen LogP) is 3.19. The second kappa shape index (κ2) is 5.75. The van der Waals surface area contributed by atoms with Gasteiger partial charge in [0, 0.05) is 11.2 Å². The van der Waals surface area contributed by atoms with Crippen molar-refractivity contribution >= 4 is 23.3 Å². The number of carbonyl (C=O) groups is 1. The fourth-order valence-electron chi connectivity index (χ4n) is 1.50. The van der Waals surface area contributed by atoms with Gasteiger partial charge in [-0.25, -0.2) is 13.8 Å². The molecule has 1 N–H and O–H groups in total. The topological polar surface area (TPSA) is 42.0 Å². The molecule has 0 atom stereocenters. The molecule has 1 aromatic heterocycles. The standard InChI is InChI=1S/C13H9ClF2N2O/c14-9-3-4-17-12(7-9)18-13(19)6-8-1-2-10(15)11(16)5-8/h1-5,7H,6H2,(H,17,18,19). The van der Waals surface area contributed by atoms with E-state index in [-0.39, 0.29) is 12.3 Å². The molecule has 0 fully saturated rings. The summed E-state index contributed by atoms with van der Waals surface area (Å²) in [5, 5.41) is 2.96. The van der Waals surface area contributed by atoms with Crippen LogP contribution < -0.4 is 5.32 Å². The van der Waals surface area contributed by atoms with E-state index in [1.165, 1.54) is 18.3 Å². The fraction of sp³-hybridized carbons (Fsp3) is 0.0769. The highest BCUT2D eigenvalue weighted by molar-refractivity contribution is 6.30. The zero-order valence-electron chi connectivity index (χ0n) is 9.66. The quantitative estimate of drug-likeness (QED) is 0.939. The second-order valence-electron chi connectivity index (χ2n) is 3.83. The highest BCUT2D eigenvalue weighted by Gasteiger charge is 2.08. The summed E-state index contributed by atoms with van der Waals surface area (Å²) in [7, 11) is 0. The van der Waals surface area contributed by atoms with Crippen molar-refractivity contribution in [1.82, 2.24) is 4.98 Å². The van der Waals surface area contributed by atoms with Crippen molar-refractivity contribution in [3.8, 4) is 0 Å². The van der Waals surface area contributed by atoms with Gasteiger partial charge in [0.15, 0.2) is 11.6 Å². The van der Waals surface area contributed by atoms with Crippen molar-refractivity contribution in [1.29, 1.82) is 0 Å². The van der Waals surface area contributed by atoms with E-state index in [9.17, 15) is 13.6 Å². The highest BCUT2D eigenvalue weighted by atomic mass is 35.5. The lowest BCUT2D eigenvalue weighted by Gasteiger charge is -2.05. The minimum absolute atomic E-state index is 0.0780. The van der Waals surface area contributed by atoms with Gasteiger partial charge in [-0.1, -0.05) is 17.7 Å². The second-order valence-corrected chi connectivity index (χ2v) is 4.27. The molecule has 0 aliphatic carbocycles. The molecule has 3 nitrogen and oxygen atoms in total. The number of pyridine rings is 1. The number of amides is 1. The number of anilines is 1. The van der Waals surface area contributed by atoms with Gasteiger partial charge in [0.2, 0.25) is 5.91 Å². The number of halogens is 3. The minimum Gasteiger partial charge on any atom is -0.310 e. The zero-order chi connectivity index (χ0) is 13.8. The molecule has 0 saturated heterocycles. The van der Waals surface area contributed by atoms with Crippen LogP contribution >= 0.6 is 11.6 Å². The van der Waals surface area contributed by atoms with Crippen LogP contribution in [0.25, 0.3) is 0 Å². The van der Waals surface area contributed by atoms with E-state index in [0.717, 1.165) is 12.1 Å². The first kappa shape index (κ1) is 13.4. The van der Waals surface area contributed by atoms with E-state index in [1.54, 1.807) is 6.07 Å². The van der Waals surface area contributed by atoms with Gasteiger partial charge >= 0.3 is 0 Å². The third kappa shape index (κ3) is 3.72. The van der Waals surface area contributed by atoms with Crippen molar-refractivity contribution in [3.63, 3.8) is 0 Å². The number of hydrogen-bond donors (Lipinski definition) is 1. The molecule has 0 aliphatic heterocycles. The van der Waals surface area contributed by atoms with Gasteiger partial charge in [0.25, 0.3) is 0 Å². The van der Waals surface area contributed by atoms with E-state index >= 15 is 0 Å². The summed E-state index contributed by atoms with van der Waals surface area (Å²) in [5.41, 5.74) is 0.374. The Morgan fingerprint density at radius 1 is 1.21 bits per heavy atom. The summed E-state index contributed by atoms with van der Waals surface area (Å²) in [6.45, 7) is 0. The van der Waals surface area contributed by atoms with Gasteiger partial charge < -0.3 is 5.32 Å². The predicted molar refractivity (Wildman–Crippen MR) is 67.9 cm³/mol. The van der Waals surface area contributed by atoms with Crippen LogP contribution in [0.1, 0.15) is 5.56 Å². The summed E-state index contributed by atoms with van der Waals surface area (Å²) in [6.07, 6.45) is 1.38. The lowest BCUT2D eigenvalue weighted by molar-refractivity contribution is -0.115. The van der Waals surface area contributed by atoms with E-state index in [2.05, 4.69) is 10.3 Å². The van der Waals surface area contributed by atoms with Gasteiger partial charge in [0.1, 0.15) is 5.82 Å². The highest BCUT2D eigenvalue weighted by Crippen LogP contribution is 2.13. The van der Waals surface area contributed by atoms with Gasteiger partial charge in [-0.05, 0) is 29.8 Å². The Hall–Kier alpha value is -2.01. The molecule has 0 spiro atoms. The molecule has 0 unspecified atom stereocenters. The third-order valence-corrected chi connectivity index (χ3v) is 2.57. The Morgan fingerprint density at radius 3 is 2.68 bits per heavy atom. The maximum atomic E-state index is 13.0. The van der Waals surface area contributed by atoms with Crippen LogP contribution in [0.4, 0.5) is 14.6 Å². The van der Waals surface area contributed by atoms with Gasteiger partial charge in [-0.3, -0.25) is 4.79 Å².